The summed E-state index contributed by atoms with van der Waals surface area (Å²) in [6.07, 6.45) is -4.47. The first-order chi connectivity index (χ1) is 5.04. The SMILES string of the molecule is FC(F)(F)c1cc(CCl)no1. The van der Waals surface area contributed by atoms with E-state index >= 15 is 0 Å². The van der Waals surface area contributed by atoms with Gasteiger partial charge in [0.25, 0.3) is 0 Å². The Bertz CT molecular complexity index is 244. The molecule has 0 radical (unpaired) electrons. The zero-order valence-electron chi connectivity index (χ0n) is 5.15. The molecule has 6 heteroatoms. The lowest BCUT2D eigenvalue weighted by Gasteiger charge is -1.97. The molecule has 1 aromatic rings. The highest BCUT2D eigenvalue weighted by Crippen LogP contribution is 2.29. The predicted octanol–water partition coefficient (Wildman–Crippen LogP) is 2.43. The average Bonchev–Trinajstić information content (AvgIpc) is 2.32. The van der Waals surface area contributed by atoms with Crippen LogP contribution in [0.25, 0.3) is 0 Å². The Balaban J connectivity index is 2.89. The molecule has 0 saturated carbocycles. The molecule has 62 valence electrons. The van der Waals surface area contributed by atoms with Gasteiger partial charge in [0.2, 0.25) is 5.76 Å². The second-order valence-corrected chi connectivity index (χ2v) is 2.08. The first kappa shape index (κ1) is 8.39. The van der Waals surface area contributed by atoms with Gasteiger partial charge in [-0.25, -0.2) is 0 Å². The van der Waals surface area contributed by atoms with Crippen LogP contribution in [0.1, 0.15) is 11.5 Å². The maximum atomic E-state index is 11.8. The van der Waals surface area contributed by atoms with Gasteiger partial charge < -0.3 is 4.52 Å². The maximum absolute atomic E-state index is 11.8. The number of aromatic nitrogens is 1. The van der Waals surface area contributed by atoms with Crippen LogP contribution in [0.5, 0.6) is 0 Å². The highest BCUT2D eigenvalue weighted by Gasteiger charge is 2.35. The molecule has 0 aliphatic rings. The smallest absolute Gasteiger partial charge is 0.351 e. The predicted molar refractivity (Wildman–Crippen MR) is 31.1 cm³/mol. The Labute approximate surface area is 64.9 Å². The van der Waals surface area contributed by atoms with Gasteiger partial charge >= 0.3 is 6.18 Å². The molecular formula is C5H3ClF3NO. The molecule has 0 bridgehead atoms. The van der Waals surface area contributed by atoms with E-state index in [1.54, 1.807) is 0 Å². The van der Waals surface area contributed by atoms with Crippen molar-refractivity contribution in [1.29, 1.82) is 0 Å². The van der Waals surface area contributed by atoms with Gasteiger partial charge in [-0.1, -0.05) is 5.16 Å². The fourth-order valence-corrected chi connectivity index (χ4v) is 0.634. The summed E-state index contributed by atoms with van der Waals surface area (Å²) in [6, 6.07) is 0.771. The Hall–Kier alpha value is -0.710. The summed E-state index contributed by atoms with van der Waals surface area (Å²) in [7, 11) is 0. The van der Waals surface area contributed by atoms with Crippen molar-refractivity contribution in [2.75, 3.05) is 0 Å². The fourth-order valence-electron chi connectivity index (χ4n) is 0.508. The molecule has 0 N–H and O–H groups in total. The quantitative estimate of drug-likeness (QED) is 0.628. The number of hydrogen-bond acceptors (Lipinski definition) is 2. The lowest BCUT2D eigenvalue weighted by molar-refractivity contribution is -0.155. The molecule has 1 rings (SSSR count). The lowest BCUT2D eigenvalue weighted by atomic mass is 10.4. The minimum atomic E-state index is -4.47. The van der Waals surface area contributed by atoms with Crippen LogP contribution in [0.4, 0.5) is 13.2 Å². The molecule has 1 heterocycles. The Kier molecular flexibility index (Phi) is 2.08. The van der Waals surface area contributed by atoms with Gasteiger partial charge in [-0.15, -0.1) is 11.6 Å². The molecule has 0 aromatic carbocycles. The topological polar surface area (TPSA) is 26.0 Å². The second-order valence-electron chi connectivity index (χ2n) is 1.81. The van der Waals surface area contributed by atoms with Crippen molar-refractivity contribution in [2.24, 2.45) is 0 Å². The van der Waals surface area contributed by atoms with E-state index in [1.165, 1.54) is 0 Å². The van der Waals surface area contributed by atoms with E-state index < -0.39 is 11.9 Å². The molecule has 11 heavy (non-hydrogen) atoms. The number of nitrogens with zero attached hydrogens (tertiary/aromatic N) is 1. The third-order valence-corrected chi connectivity index (χ3v) is 1.25. The van der Waals surface area contributed by atoms with E-state index in [0.717, 1.165) is 6.07 Å². The van der Waals surface area contributed by atoms with Crippen LogP contribution >= 0.6 is 11.6 Å². The van der Waals surface area contributed by atoms with Crippen molar-refractivity contribution in [3.8, 4) is 0 Å². The third kappa shape index (κ3) is 1.86. The highest BCUT2D eigenvalue weighted by atomic mass is 35.5. The van der Waals surface area contributed by atoms with E-state index in [2.05, 4.69) is 9.68 Å². The van der Waals surface area contributed by atoms with Crippen molar-refractivity contribution in [3.63, 3.8) is 0 Å². The summed E-state index contributed by atoms with van der Waals surface area (Å²) < 4.78 is 39.2. The van der Waals surface area contributed by atoms with E-state index in [-0.39, 0.29) is 11.6 Å². The first-order valence-corrected chi connectivity index (χ1v) is 3.16. The van der Waals surface area contributed by atoms with Crippen molar-refractivity contribution < 1.29 is 17.7 Å². The maximum Gasteiger partial charge on any atom is 0.452 e. The Morgan fingerprint density at radius 2 is 2.18 bits per heavy atom. The van der Waals surface area contributed by atoms with Gasteiger partial charge in [-0.3, -0.25) is 0 Å². The zero-order valence-corrected chi connectivity index (χ0v) is 5.91. The van der Waals surface area contributed by atoms with Gasteiger partial charge in [0, 0.05) is 6.07 Å². The molecule has 0 fully saturated rings. The molecule has 0 spiro atoms. The van der Waals surface area contributed by atoms with Crippen LogP contribution in [0.15, 0.2) is 10.6 Å². The third-order valence-electron chi connectivity index (χ3n) is 0.975. The van der Waals surface area contributed by atoms with Crippen LogP contribution in [0.2, 0.25) is 0 Å². The molecular weight excluding hydrogens is 183 g/mol. The lowest BCUT2D eigenvalue weighted by Crippen LogP contribution is -2.02. The van der Waals surface area contributed by atoms with Gasteiger partial charge in [-0.2, -0.15) is 13.2 Å². The summed E-state index contributed by atoms with van der Waals surface area (Å²) in [5.41, 5.74) is 0.0824. The second kappa shape index (κ2) is 2.73. The normalized spacial score (nSPS) is 12.0. The van der Waals surface area contributed by atoms with E-state index in [1.807, 2.05) is 0 Å². The minimum absolute atomic E-state index is 0.0824. The molecule has 2 nitrogen and oxygen atoms in total. The minimum Gasteiger partial charge on any atom is -0.351 e. The van der Waals surface area contributed by atoms with E-state index in [4.69, 9.17) is 11.6 Å². The van der Waals surface area contributed by atoms with Crippen LogP contribution in [0.3, 0.4) is 0 Å². The van der Waals surface area contributed by atoms with Crippen LogP contribution in [-0.2, 0) is 12.1 Å². The van der Waals surface area contributed by atoms with Gasteiger partial charge in [-0.05, 0) is 0 Å². The van der Waals surface area contributed by atoms with Gasteiger partial charge in [0.15, 0.2) is 0 Å². The number of hydrogen-bond donors (Lipinski definition) is 0. The molecule has 0 saturated heterocycles. The Morgan fingerprint density at radius 3 is 2.45 bits per heavy atom. The molecule has 0 amide bonds. The average molecular weight is 186 g/mol. The number of rotatable bonds is 1. The van der Waals surface area contributed by atoms with Crippen LogP contribution in [0, 0.1) is 0 Å². The standard InChI is InChI=1S/C5H3ClF3NO/c6-2-3-1-4(11-10-3)5(7,8)9/h1H,2H2. The van der Waals surface area contributed by atoms with Crippen LogP contribution < -0.4 is 0 Å². The number of alkyl halides is 4. The molecule has 1 aromatic heterocycles. The van der Waals surface area contributed by atoms with E-state index in [0.29, 0.717) is 0 Å². The number of halogens is 4. The molecule has 0 aliphatic carbocycles. The van der Waals surface area contributed by atoms with Crippen molar-refractivity contribution in [3.05, 3.63) is 17.5 Å². The first-order valence-electron chi connectivity index (χ1n) is 2.63. The monoisotopic (exact) mass is 185 g/mol. The highest BCUT2D eigenvalue weighted by molar-refractivity contribution is 6.16. The summed E-state index contributed by atoms with van der Waals surface area (Å²) in [5.74, 6) is -1.20. The largest absolute Gasteiger partial charge is 0.452 e. The van der Waals surface area contributed by atoms with E-state index in [9.17, 15) is 13.2 Å². The van der Waals surface area contributed by atoms with Crippen LogP contribution in [-0.4, -0.2) is 5.16 Å². The molecule has 0 aliphatic heterocycles. The molecule has 0 unspecified atom stereocenters. The summed E-state index contributed by atoms with van der Waals surface area (Å²) in [4.78, 5) is 0. The zero-order chi connectivity index (χ0) is 8.48. The van der Waals surface area contributed by atoms with Crippen molar-refractivity contribution in [2.45, 2.75) is 12.1 Å². The summed E-state index contributed by atoms with van der Waals surface area (Å²) in [6.45, 7) is 0. The van der Waals surface area contributed by atoms with Gasteiger partial charge in [0.1, 0.15) is 0 Å². The summed E-state index contributed by atoms with van der Waals surface area (Å²) >= 11 is 5.20. The summed E-state index contributed by atoms with van der Waals surface area (Å²) in [5, 5.41) is 3.07. The van der Waals surface area contributed by atoms with Gasteiger partial charge in [0.05, 0.1) is 11.6 Å². The fraction of sp³-hybridized carbons (Fsp3) is 0.400. The molecule has 0 atom stereocenters. The van der Waals surface area contributed by atoms with Crippen molar-refractivity contribution in [1.82, 2.24) is 5.16 Å². The van der Waals surface area contributed by atoms with Crippen molar-refractivity contribution >= 4 is 11.6 Å². The Morgan fingerprint density at radius 1 is 1.55 bits per heavy atom.